The molecule has 1 aliphatic rings. The third-order valence-electron chi connectivity index (χ3n) is 3.48. The van der Waals surface area contributed by atoms with E-state index in [1.807, 2.05) is 0 Å². The first-order chi connectivity index (χ1) is 9.75. The average Bonchev–Trinajstić information content (AvgIpc) is 2.87. The Morgan fingerprint density at radius 1 is 1.62 bits per heavy atom. The second-order valence-corrected chi connectivity index (χ2v) is 8.62. The van der Waals surface area contributed by atoms with Crippen LogP contribution in [0.1, 0.15) is 19.0 Å². The van der Waals surface area contributed by atoms with Gasteiger partial charge < -0.3 is 15.0 Å². The summed E-state index contributed by atoms with van der Waals surface area (Å²) in [6.07, 6.45) is 2.01. The van der Waals surface area contributed by atoms with Crippen LogP contribution in [0.4, 0.5) is 0 Å². The van der Waals surface area contributed by atoms with E-state index < -0.39 is 15.4 Å². The number of nitrogens with one attached hydrogen (secondary N) is 1. The second-order valence-electron chi connectivity index (χ2n) is 5.49. The number of thioether (sulfide) groups is 1. The molecule has 1 aromatic heterocycles. The van der Waals surface area contributed by atoms with Crippen LogP contribution in [0.25, 0.3) is 0 Å². The van der Waals surface area contributed by atoms with Gasteiger partial charge in [0.2, 0.25) is 5.91 Å². The molecule has 7 nitrogen and oxygen atoms in total. The molecule has 1 aliphatic heterocycles. The van der Waals surface area contributed by atoms with Gasteiger partial charge in [-0.1, -0.05) is 11.8 Å². The number of carbonyl (C=O) groups is 1. The molecule has 1 fully saturated rings. The summed E-state index contributed by atoms with van der Waals surface area (Å²) in [6.45, 7) is 1.65. The van der Waals surface area contributed by atoms with Gasteiger partial charge in [0.05, 0.1) is 41.3 Å². The zero-order chi connectivity index (χ0) is 15.7. The standard InChI is InChI=1S/C12H19N3O4S2/c1-12(3-4-21(18,19)8-12)14-10(17)7-20-11-13-5-9(6-16)15(11)2/h5,16H,3-4,6-8H2,1-2H3,(H,14,17). The minimum Gasteiger partial charge on any atom is -0.390 e. The first-order valence-electron chi connectivity index (χ1n) is 6.50. The highest BCUT2D eigenvalue weighted by Gasteiger charge is 2.39. The van der Waals surface area contributed by atoms with E-state index >= 15 is 0 Å². The molecule has 1 aromatic rings. The lowest BCUT2D eigenvalue weighted by molar-refractivity contribution is -0.120. The molecule has 0 aliphatic carbocycles. The molecule has 0 saturated carbocycles. The summed E-state index contributed by atoms with van der Waals surface area (Å²) in [7, 11) is -1.27. The summed E-state index contributed by atoms with van der Waals surface area (Å²) < 4.78 is 24.7. The number of nitrogens with zero attached hydrogens (tertiary/aromatic N) is 2. The summed E-state index contributed by atoms with van der Waals surface area (Å²) in [5, 5.41) is 12.5. The minimum atomic E-state index is -3.04. The molecule has 2 rings (SSSR count). The summed E-state index contributed by atoms with van der Waals surface area (Å²) >= 11 is 1.25. The van der Waals surface area contributed by atoms with E-state index in [0.29, 0.717) is 17.3 Å². The Bertz CT molecular complexity index is 641. The molecule has 1 saturated heterocycles. The van der Waals surface area contributed by atoms with Crippen molar-refractivity contribution in [2.75, 3.05) is 17.3 Å². The summed E-state index contributed by atoms with van der Waals surface area (Å²) in [4.78, 5) is 16.1. The van der Waals surface area contributed by atoms with Gasteiger partial charge >= 0.3 is 0 Å². The Kier molecular flexibility index (Phi) is 4.64. The number of sulfone groups is 1. The predicted octanol–water partition coefficient (Wildman–Crippen LogP) is -0.302. The molecule has 0 aromatic carbocycles. The quantitative estimate of drug-likeness (QED) is 0.717. The normalized spacial score (nSPS) is 24.1. The van der Waals surface area contributed by atoms with Crippen LogP contribution in [0, 0.1) is 0 Å². The van der Waals surface area contributed by atoms with E-state index in [1.54, 1.807) is 24.7 Å². The fourth-order valence-electron chi connectivity index (χ4n) is 2.32. The monoisotopic (exact) mass is 333 g/mol. The number of aliphatic hydroxyl groups is 1. The summed E-state index contributed by atoms with van der Waals surface area (Å²) in [6, 6.07) is 0. The van der Waals surface area contributed by atoms with E-state index in [4.69, 9.17) is 5.11 Å². The molecular weight excluding hydrogens is 314 g/mol. The van der Waals surface area contributed by atoms with Crippen LogP contribution in [0.5, 0.6) is 0 Å². The van der Waals surface area contributed by atoms with Crippen LogP contribution in [0.3, 0.4) is 0 Å². The largest absolute Gasteiger partial charge is 0.390 e. The molecule has 0 radical (unpaired) electrons. The van der Waals surface area contributed by atoms with Crippen LogP contribution in [0.15, 0.2) is 11.4 Å². The maximum absolute atomic E-state index is 12.0. The number of aromatic nitrogens is 2. The van der Waals surface area contributed by atoms with Gasteiger partial charge in [-0.25, -0.2) is 13.4 Å². The second kappa shape index (κ2) is 5.98. The fourth-order valence-corrected chi connectivity index (χ4v) is 5.18. The van der Waals surface area contributed by atoms with Gasteiger partial charge in [-0.15, -0.1) is 0 Å². The van der Waals surface area contributed by atoms with Crippen LogP contribution >= 0.6 is 11.8 Å². The Hall–Kier alpha value is -1.06. The van der Waals surface area contributed by atoms with Crippen molar-refractivity contribution in [2.24, 2.45) is 7.05 Å². The highest BCUT2D eigenvalue weighted by atomic mass is 32.2. The molecule has 1 atom stereocenters. The van der Waals surface area contributed by atoms with E-state index in [0.717, 1.165) is 0 Å². The number of imidazole rings is 1. The van der Waals surface area contributed by atoms with Crippen molar-refractivity contribution in [3.63, 3.8) is 0 Å². The first kappa shape index (κ1) is 16.3. The maximum Gasteiger partial charge on any atom is 0.230 e. The van der Waals surface area contributed by atoms with Gasteiger partial charge in [0.15, 0.2) is 15.0 Å². The molecule has 2 heterocycles. The Morgan fingerprint density at radius 2 is 2.33 bits per heavy atom. The highest BCUT2D eigenvalue weighted by Crippen LogP contribution is 2.23. The van der Waals surface area contributed by atoms with Gasteiger partial charge in [0, 0.05) is 7.05 Å². The van der Waals surface area contributed by atoms with Crippen molar-refractivity contribution >= 4 is 27.5 Å². The number of carbonyl (C=O) groups excluding carboxylic acids is 1. The fraction of sp³-hybridized carbons (Fsp3) is 0.667. The third kappa shape index (κ3) is 3.98. The molecule has 118 valence electrons. The van der Waals surface area contributed by atoms with Gasteiger partial charge in [-0.05, 0) is 13.3 Å². The maximum atomic E-state index is 12.0. The number of aliphatic hydroxyl groups excluding tert-OH is 1. The number of hydrogen-bond acceptors (Lipinski definition) is 6. The smallest absolute Gasteiger partial charge is 0.230 e. The van der Waals surface area contributed by atoms with Crippen LogP contribution in [-0.2, 0) is 28.3 Å². The summed E-state index contributed by atoms with van der Waals surface area (Å²) in [5.74, 6) is 0.0581. The lowest BCUT2D eigenvalue weighted by Crippen LogP contribution is -2.47. The number of hydrogen-bond donors (Lipinski definition) is 2. The topological polar surface area (TPSA) is 101 Å². The van der Waals surface area contributed by atoms with Crippen molar-refractivity contribution in [1.82, 2.24) is 14.9 Å². The average molecular weight is 333 g/mol. The minimum absolute atomic E-state index is 0.00648. The Balaban J connectivity index is 1.89. The number of rotatable bonds is 5. The van der Waals surface area contributed by atoms with Gasteiger partial charge in [-0.3, -0.25) is 4.79 Å². The zero-order valence-electron chi connectivity index (χ0n) is 12.0. The van der Waals surface area contributed by atoms with E-state index in [2.05, 4.69) is 10.3 Å². The van der Waals surface area contributed by atoms with Crippen molar-refractivity contribution in [3.05, 3.63) is 11.9 Å². The summed E-state index contributed by atoms with van der Waals surface area (Å²) in [5.41, 5.74) is 0.000673. The molecule has 1 amide bonds. The molecule has 9 heteroatoms. The van der Waals surface area contributed by atoms with Crippen molar-refractivity contribution in [3.8, 4) is 0 Å². The molecule has 2 N–H and O–H groups in total. The van der Waals surface area contributed by atoms with E-state index in [1.165, 1.54) is 11.8 Å². The molecule has 0 spiro atoms. The Labute approximate surface area is 128 Å². The molecular formula is C12H19N3O4S2. The van der Waals surface area contributed by atoms with Crippen molar-refractivity contribution < 1.29 is 18.3 Å². The molecule has 0 bridgehead atoms. The molecule has 21 heavy (non-hydrogen) atoms. The SMILES string of the molecule is Cn1c(CO)cnc1SCC(=O)NC1(C)CCS(=O)(=O)C1. The van der Waals surface area contributed by atoms with Gasteiger partial charge in [0.1, 0.15) is 0 Å². The lowest BCUT2D eigenvalue weighted by atomic mass is 10.0. The van der Waals surface area contributed by atoms with Crippen molar-refractivity contribution in [1.29, 1.82) is 0 Å². The van der Waals surface area contributed by atoms with Crippen molar-refractivity contribution in [2.45, 2.75) is 30.6 Å². The highest BCUT2D eigenvalue weighted by molar-refractivity contribution is 7.99. The third-order valence-corrected chi connectivity index (χ3v) is 6.43. The predicted molar refractivity (Wildman–Crippen MR) is 79.7 cm³/mol. The van der Waals surface area contributed by atoms with Gasteiger partial charge in [-0.2, -0.15) is 0 Å². The van der Waals surface area contributed by atoms with Crippen LogP contribution in [-0.4, -0.2) is 51.8 Å². The zero-order valence-corrected chi connectivity index (χ0v) is 13.6. The van der Waals surface area contributed by atoms with Crippen LogP contribution in [0.2, 0.25) is 0 Å². The van der Waals surface area contributed by atoms with Gasteiger partial charge in [0.25, 0.3) is 0 Å². The van der Waals surface area contributed by atoms with E-state index in [-0.39, 0.29) is 29.8 Å². The first-order valence-corrected chi connectivity index (χ1v) is 9.31. The van der Waals surface area contributed by atoms with Crippen LogP contribution < -0.4 is 5.32 Å². The van der Waals surface area contributed by atoms with E-state index in [9.17, 15) is 13.2 Å². The lowest BCUT2D eigenvalue weighted by Gasteiger charge is -2.23. The molecule has 1 unspecified atom stereocenters. The Morgan fingerprint density at radius 3 is 2.86 bits per heavy atom. The number of amides is 1.